The van der Waals surface area contributed by atoms with Crippen LogP contribution in [0.15, 0.2) is 48.5 Å². The van der Waals surface area contributed by atoms with E-state index in [9.17, 15) is 14.1 Å². The fourth-order valence-electron chi connectivity index (χ4n) is 2.34. The molecule has 0 radical (unpaired) electrons. The van der Waals surface area contributed by atoms with E-state index in [4.69, 9.17) is 4.52 Å². The zero-order valence-corrected chi connectivity index (χ0v) is 15.0. The fraction of sp³-hybridized carbons (Fsp3) is 0.333. The van der Waals surface area contributed by atoms with Crippen molar-refractivity contribution in [3.63, 3.8) is 0 Å². The lowest BCUT2D eigenvalue weighted by molar-refractivity contribution is 0.210. The second-order valence-corrected chi connectivity index (χ2v) is 8.19. The molecule has 0 heterocycles. The molecule has 0 spiro atoms. The van der Waals surface area contributed by atoms with E-state index in [-0.39, 0.29) is 12.2 Å². The number of anilines is 1. The molecule has 0 amide bonds. The summed E-state index contributed by atoms with van der Waals surface area (Å²) in [5.74, 6) is -2.15. The second-order valence-electron chi connectivity index (χ2n) is 5.74. The fourth-order valence-corrected chi connectivity index (χ4v) is 4.51. The van der Waals surface area contributed by atoms with Gasteiger partial charge < -0.3 is 14.5 Å². The Morgan fingerprint density at radius 2 is 1.79 bits per heavy atom. The minimum Gasteiger partial charge on any atom is -0.378 e. The van der Waals surface area contributed by atoms with Crippen LogP contribution in [0.5, 0.6) is 0 Å². The van der Waals surface area contributed by atoms with Gasteiger partial charge in [0.1, 0.15) is 5.82 Å². The summed E-state index contributed by atoms with van der Waals surface area (Å²) in [7, 11) is 0.117. The zero-order valence-electron chi connectivity index (χ0n) is 14.1. The quantitative estimate of drug-likeness (QED) is 0.769. The van der Waals surface area contributed by atoms with Crippen LogP contribution in [0.1, 0.15) is 24.8 Å². The van der Waals surface area contributed by atoms with E-state index >= 15 is 0 Å². The first kappa shape index (κ1) is 18.7. The molecule has 130 valence electrons. The van der Waals surface area contributed by atoms with Crippen LogP contribution in [0.2, 0.25) is 0 Å². The predicted molar refractivity (Wildman–Crippen MR) is 95.6 cm³/mol. The number of aliphatic hydroxyl groups is 1. The van der Waals surface area contributed by atoms with E-state index in [1.165, 1.54) is 18.2 Å². The molecule has 1 N–H and O–H groups in total. The molecule has 0 unspecified atom stereocenters. The van der Waals surface area contributed by atoms with E-state index in [1.54, 1.807) is 30.3 Å². The Morgan fingerprint density at radius 1 is 1.17 bits per heavy atom. The SMILES string of the molecule is CCCO[P@](=O)(c1ccc(N(C)C)cc1)[C@@H](O)c1ccccc1F. The molecule has 0 saturated heterocycles. The van der Waals surface area contributed by atoms with Gasteiger partial charge in [-0.25, -0.2) is 4.39 Å². The summed E-state index contributed by atoms with van der Waals surface area (Å²) in [6, 6.07) is 12.7. The number of benzene rings is 2. The smallest absolute Gasteiger partial charge is 0.264 e. The maximum atomic E-state index is 14.0. The Labute approximate surface area is 142 Å². The maximum absolute atomic E-state index is 14.0. The summed E-state index contributed by atoms with van der Waals surface area (Å²) < 4.78 is 33.1. The van der Waals surface area contributed by atoms with Gasteiger partial charge in [0.05, 0.1) is 6.61 Å². The van der Waals surface area contributed by atoms with Gasteiger partial charge in [0.2, 0.25) is 0 Å². The van der Waals surface area contributed by atoms with Crippen molar-refractivity contribution in [2.45, 2.75) is 19.2 Å². The first-order valence-electron chi connectivity index (χ1n) is 7.85. The lowest BCUT2D eigenvalue weighted by Gasteiger charge is -2.25. The van der Waals surface area contributed by atoms with Crippen LogP contribution >= 0.6 is 7.37 Å². The summed E-state index contributed by atoms with van der Waals surface area (Å²) in [4.78, 5) is 1.91. The van der Waals surface area contributed by atoms with Gasteiger partial charge in [-0.15, -0.1) is 0 Å². The van der Waals surface area contributed by atoms with Crippen LogP contribution in [0.3, 0.4) is 0 Å². The van der Waals surface area contributed by atoms with E-state index < -0.39 is 19.0 Å². The van der Waals surface area contributed by atoms with Crippen molar-refractivity contribution in [2.75, 3.05) is 25.6 Å². The average Bonchev–Trinajstić information content (AvgIpc) is 2.59. The third-order valence-electron chi connectivity index (χ3n) is 3.72. The highest BCUT2D eigenvalue weighted by atomic mass is 31.2. The second kappa shape index (κ2) is 7.93. The van der Waals surface area contributed by atoms with Gasteiger partial charge in [-0.2, -0.15) is 0 Å². The van der Waals surface area contributed by atoms with Gasteiger partial charge >= 0.3 is 0 Å². The molecule has 2 rings (SSSR count). The molecular formula is C18H23FNO3P. The number of hydrogen-bond acceptors (Lipinski definition) is 4. The lowest BCUT2D eigenvalue weighted by Crippen LogP contribution is -2.17. The third-order valence-corrected chi connectivity index (χ3v) is 6.22. The Kier molecular flexibility index (Phi) is 6.16. The van der Waals surface area contributed by atoms with Gasteiger partial charge in [-0.3, -0.25) is 4.57 Å². The zero-order chi connectivity index (χ0) is 17.7. The normalized spacial score (nSPS) is 14.9. The first-order chi connectivity index (χ1) is 11.4. The number of halogens is 1. The summed E-state index contributed by atoms with van der Waals surface area (Å²) in [5.41, 5.74) is 0.912. The van der Waals surface area contributed by atoms with Gasteiger partial charge in [0.25, 0.3) is 7.37 Å². The molecule has 2 aromatic carbocycles. The van der Waals surface area contributed by atoms with Gasteiger partial charge in [-0.05, 0) is 36.8 Å². The van der Waals surface area contributed by atoms with Gasteiger partial charge in [0.15, 0.2) is 5.85 Å². The highest BCUT2D eigenvalue weighted by Gasteiger charge is 2.37. The van der Waals surface area contributed by atoms with Crippen molar-refractivity contribution >= 4 is 18.4 Å². The van der Waals surface area contributed by atoms with Crippen molar-refractivity contribution in [3.8, 4) is 0 Å². The Bertz CT molecular complexity index is 718. The van der Waals surface area contributed by atoms with Crippen molar-refractivity contribution in [1.82, 2.24) is 0 Å². The van der Waals surface area contributed by atoms with E-state index in [0.717, 1.165) is 5.69 Å². The van der Waals surface area contributed by atoms with Crippen LogP contribution in [-0.2, 0) is 9.09 Å². The van der Waals surface area contributed by atoms with Crippen LogP contribution < -0.4 is 10.2 Å². The van der Waals surface area contributed by atoms with E-state index in [2.05, 4.69) is 0 Å². The molecule has 0 bridgehead atoms. The molecule has 2 atom stereocenters. The average molecular weight is 351 g/mol. The Balaban J connectivity index is 2.45. The molecule has 4 nitrogen and oxygen atoms in total. The van der Waals surface area contributed by atoms with Crippen LogP contribution in [0, 0.1) is 5.82 Å². The van der Waals surface area contributed by atoms with Gasteiger partial charge in [-0.1, -0.05) is 25.1 Å². The third kappa shape index (κ3) is 3.86. The summed E-state index contributed by atoms with van der Waals surface area (Å²) in [6.07, 6.45) is 0.643. The first-order valence-corrected chi connectivity index (χ1v) is 9.54. The van der Waals surface area contributed by atoms with Crippen molar-refractivity contribution in [1.29, 1.82) is 0 Å². The largest absolute Gasteiger partial charge is 0.378 e. The standard InChI is InChI=1S/C18H23FNO3P/c1-4-13-23-24(22,15-11-9-14(10-12-15)20(2)3)18(21)16-7-5-6-8-17(16)19/h5-12,18,21H,4,13H2,1-3H3/t18-,24-/m1/s1. The molecule has 0 aromatic heterocycles. The van der Waals surface area contributed by atoms with Crippen molar-refractivity contribution < 1.29 is 18.6 Å². The van der Waals surface area contributed by atoms with Crippen LogP contribution in [-0.4, -0.2) is 25.8 Å². The summed E-state index contributed by atoms with van der Waals surface area (Å²) in [6.45, 7) is 2.10. The van der Waals surface area contributed by atoms with E-state index in [1.807, 2.05) is 25.9 Å². The topological polar surface area (TPSA) is 49.8 Å². The van der Waals surface area contributed by atoms with E-state index in [0.29, 0.717) is 11.7 Å². The van der Waals surface area contributed by atoms with Crippen LogP contribution in [0.4, 0.5) is 10.1 Å². The molecule has 0 aliphatic rings. The van der Waals surface area contributed by atoms with Crippen LogP contribution in [0.25, 0.3) is 0 Å². The summed E-state index contributed by atoms with van der Waals surface area (Å²) >= 11 is 0. The van der Waals surface area contributed by atoms with Gasteiger partial charge in [0, 0.05) is 30.7 Å². The lowest BCUT2D eigenvalue weighted by atomic mass is 10.2. The highest BCUT2D eigenvalue weighted by molar-refractivity contribution is 7.67. The number of nitrogens with zero attached hydrogens (tertiary/aromatic N) is 1. The summed E-state index contributed by atoms with van der Waals surface area (Å²) in [5, 5.41) is 11.0. The predicted octanol–water partition coefficient (Wildman–Crippen LogP) is 3.91. The molecule has 2 aromatic rings. The monoisotopic (exact) mass is 351 g/mol. The highest BCUT2D eigenvalue weighted by Crippen LogP contribution is 2.58. The Hall–Kier alpha value is -1.68. The minimum absolute atomic E-state index is 0.0198. The number of hydrogen-bond donors (Lipinski definition) is 1. The minimum atomic E-state index is -3.68. The molecule has 0 aliphatic heterocycles. The molecule has 0 aliphatic carbocycles. The molecular weight excluding hydrogens is 328 g/mol. The number of aliphatic hydroxyl groups excluding tert-OH is 1. The molecule has 24 heavy (non-hydrogen) atoms. The van der Waals surface area contributed by atoms with Crippen molar-refractivity contribution in [2.24, 2.45) is 0 Å². The molecule has 0 fully saturated rings. The molecule has 0 saturated carbocycles. The van der Waals surface area contributed by atoms with Crippen molar-refractivity contribution in [3.05, 3.63) is 59.9 Å². The number of rotatable bonds is 7. The maximum Gasteiger partial charge on any atom is 0.264 e. The molecule has 6 heteroatoms. The Morgan fingerprint density at radius 3 is 2.33 bits per heavy atom.